The second-order valence-corrected chi connectivity index (χ2v) is 19.3. The zero-order valence-corrected chi connectivity index (χ0v) is 42.3. The van der Waals surface area contributed by atoms with Gasteiger partial charge in [-0.05, 0) is 57.8 Å². The Balaban J connectivity index is 3.43. The van der Waals surface area contributed by atoms with Gasteiger partial charge >= 0.3 is 5.97 Å². The van der Waals surface area contributed by atoms with Crippen LogP contribution in [0.4, 0.5) is 0 Å². The van der Waals surface area contributed by atoms with Gasteiger partial charge in [-0.1, -0.05) is 256 Å². The molecule has 0 aliphatic heterocycles. The number of rotatable bonds is 52. The van der Waals surface area contributed by atoms with E-state index in [1.165, 1.54) is 231 Å². The van der Waals surface area contributed by atoms with Crippen molar-refractivity contribution in [2.45, 2.75) is 315 Å². The molecular weight excluding hydrogens is 779 g/mol. The number of carbonyl (C=O) groups is 2. The molecule has 0 aliphatic rings. The predicted octanol–water partition coefficient (Wildman–Crippen LogP) is 17.1. The standard InChI is InChI=1S/C57H109NO5/c1-3-5-7-9-11-13-15-17-23-26-29-33-37-41-45-49-55(60)54(53-59)58-56(61)50-46-42-38-34-30-27-24-21-19-18-20-22-25-28-32-36-40-44-48-52-63-57(62)51-47-43-39-35-31-16-14-12-10-8-6-4-2/h12,14,45,49,54-55,59-60H,3-11,13,15-44,46-48,50-53H2,1-2H3,(H,58,61)/b14-12-,49-45+. The Morgan fingerprint density at radius 3 is 1.16 bits per heavy atom. The van der Waals surface area contributed by atoms with Crippen LogP contribution in [0.2, 0.25) is 0 Å². The monoisotopic (exact) mass is 888 g/mol. The lowest BCUT2D eigenvalue weighted by Gasteiger charge is -2.20. The minimum Gasteiger partial charge on any atom is -0.466 e. The number of hydrogen-bond acceptors (Lipinski definition) is 5. The van der Waals surface area contributed by atoms with E-state index in [4.69, 9.17) is 4.74 Å². The van der Waals surface area contributed by atoms with E-state index in [0.29, 0.717) is 19.4 Å². The average molecular weight is 889 g/mol. The normalized spacial score (nSPS) is 12.8. The number of amides is 1. The first kappa shape index (κ1) is 61.3. The Morgan fingerprint density at radius 1 is 0.429 bits per heavy atom. The molecule has 0 bridgehead atoms. The van der Waals surface area contributed by atoms with Crippen LogP contribution >= 0.6 is 0 Å². The Morgan fingerprint density at radius 2 is 0.746 bits per heavy atom. The topological polar surface area (TPSA) is 95.9 Å². The maximum absolute atomic E-state index is 12.4. The lowest BCUT2D eigenvalue weighted by atomic mass is 10.0. The Labute approximate surface area is 392 Å². The Bertz CT molecular complexity index is 982. The maximum Gasteiger partial charge on any atom is 0.305 e. The molecule has 6 nitrogen and oxygen atoms in total. The van der Waals surface area contributed by atoms with Gasteiger partial charge in [0.05, 0.1) is 25.4 Å². The molecule has 6 heteroatoms. The van der Waals surface area contributed by atoms with Gasteiger partial charge in [-0.3, -0.25) is 9.59 Å². The number of allylic oxidation sites excluding steroid dienone is 3. The summed E-state index contributed by atoms with van der Waals surface area (Å²) < 4.78 is 5.46. The van der Waals surface area contributed by atoms with Gasteiger partial charge in [-0.15, -0.1) is 0 Å². The number of ether oxygens (including phenoxy) is 1. The van der Waals surface area contributed by atoms with E-state index < -0.39 is 12.1 Å². The van der Waals surface area contributed by atoms with Gasteiger partial charge in [0.2, 0.25) is 5.91 Å². The molecule has 0 saturated heterocycles. The van der Waals surface area contributed by atoms with Crippen molar-refractivity contribution in [1.29, 1.82) is 0 Å². The molecule has 0 aromatic rings. The second-order valence-electron chi connectivity index (χ2n) is 19.3. The van der Waals surface area contributed by atoms with Gasteiger partial charge in [-0.25, -0.2) is 0 Å². The third-order valence-corrected chi connectivity index (χ3v) is 13.0. The molecule has 0 saturated carbocycles. The lowest BCUT2D eigenvalue weighted by molar-refractivity contribution is -0.143. The van der Waals surface area contributed by atoms with Gasteiger partial charge < -0.3 is 20.3 Å². The average Bonchev–Trinajstić information content (AvgIpc) is 3.28. The molecule has 1 amide bonds. The Hall–Kier alpha value is -1.66. The molecule has 63 heavy (non-hydrogen) atoms. The molecule has 0 aromatic heterocycles. The van der Waals surface area contributed by atoms with E-state index in [9.17, 15) is 19.8 Å². The number of carbonyl (C=O) groups excluding carboxylic acids is 2. The SMILES string of the molecule is CCCCC/C=C\CCCCCCCC(=O)OCCCCCCCCCCCCCCCCCCCCCC(=O)NC(CO)C(O)/C=C/CCCCCCCCCCCCCCC. The largest absolute Gasteiger partial charge is 0.466 e. The van der Waals surface area contributed by atoms with E-state index in [1.807, 2.05) is 6.08 Å². The van der Waals surface area contributed by atoms with Crippen molar-refractivity contribution in [2.24, 2.45) is 0 Å². The predicted molar refractivity (Wildman–Crippen MR) is 273 cm³/mol. The number of aliphatic hydroxyl groups excluding tert-OH is 2. The summed E-state index contributed by atoms with van der Waals surface area (Å²) >= 11 is 0. The van der Waals surface area contributed by atoms with Crippen LogP contribution in [0.1, 0.15) is 303 Å². The minimum absolute atomic E-state index is 0.00184. The molecule has 0 fully saturated rings. The molecular formula is C57H109NO5. The summed E-state index contributed by atoms with van der Waals surface area (Å²) in [6.07, 6.45) is 63.3. The van der Waals surface area contributed by atoms with Gasteiger partial charge in [-0.2, -0.15) is 0 Å². The number of esters is 1. The summed E-state index contributed by atoms with van der Waals surface area (Å²) in [6.45, 7) is 4.88. The van der Waals surface area contributed by atoms with Crippen LogP contribution in [0, 0.1) is 0 Å². The second kappa shape index (κ2) is 53.0. The lowest BCUT2D eigenvalue weighted by Crippen LogP contribution is -2.45. The highest BCUT2D eigenvalue weighted by Crippen LogP contribution is 2.17. The van der Waals surface area contributed by atoms with Crippen LogP contribution in [-0.4, -0.2) is 47.4 Å². The van der Waals surface area contributed by atoms with Gasteiger partial charge in [0.1, 0.15) is 0 Å². The van der Waals surface area contributed by atoms with E-state index in [0.717, 1.165) is 44.9 Å². The zero-order valence-electron chi connectivity index (χ0n) is 42.3. The summed E-state index contributed by atoms with van der Waals surface area (Å²) in [5.41, 5.74) is 0. The molecule has 372 valence electrons. The summed E-state index contributed by atoms with van der Waals surface area (Å²) in [6, 6.07) is -0.629. The van der Waals surface area contributed by atoms with Crippen LogP contribution in [0.3, 0.4) is 0 Å². The first-order chi connectivity index (χ1) is 31.0. The van der Waals surface area contributed by atoms with Crippen molar-refractivity contribution >= 4 is 11.9 Å². The highest BCUT2D eigenvalue weighted by Gasteiger charge is 2.18. The summed E-state index contributed by atoms with van der Waals surface area (Å²) in [5, 5.41) is 23.1. The van der Waals surface area contributed by atoms with Crippen LogP contribution in [0.15, 0.2) is 24.3 Å². The fourth-order valence-electron chi connectivity index (χ4n) is 8.63. The number of aliphatic hydroxyl groups is 2. The first-order valence-electron chi connectivity index (χ1n) is 28.1. The van der Waals surface area contributed by atoms with Crippen molar-refractivity contribution in [3.8, 4) is 0 Å². The van der Waals surface area contributed by atoms with Crippen LogP contribution in [0.25, 0.3) is 0 Å². The summed E-state index contributed by atoms with van der Waals surface area (Å²) in [7, 11) is 0. The molecule has 0 aliphatic carbocycles. The third kappa shape index (κ3) is 49.6. The number of unbranched alkanes of at least 4 members (excludes halogenated alkanes) is 39. The molecule has 0 radical (unpaired) electrons. The summed E-state index contributed by atoms with van der Waals surface area (Å²) in [4.78, 5) is 24.4. The van der Waals surface area contributed by atoms with Crippen LogP contribution in [-0.2, 0) is 14.3 Å². The van der Waals surface area contributed by atoms with E-state index in [1.54, 1.807) is 6.08 Å². The van der Waals surface area contributed by atoms with Gasteiger partial charge in [0.15, 0.2) is 0 Å². The molecule has 0 aromatic carbocycles. The maximum atomic E-state index is 12.4. The van der Waals surface area contributed by atoms with E-state index in [-0.39, 0.29) is 18.5 Å². The Kier molecular flexibility index (Phi) is 51.6. The number of nitrogens with one attached hydrogen (secondary N) is 1. The van der Waals surface area contributed by atoms with Crippen molar-refractivity contribution in [2.75, 3.05) is 13.2 Å². The molecule has 0 heterocycles. The summed E-state index contributed by atoms with van der Waals surface area (Å²) in [5.74, 6) is -0.0718. The van der Waals surface area contributed by atoms with Crippen LogP contribution < -0.4 is 5.32 Å². The highest BCUT2D eigenvalue weighted by molar-refractivity contribution is 5.76. The van der Waals surface area contributed by atoms with E-state index in [2.05, 4.69) is 31.3 Å². The van der Waals surface area contributed by atoms with Gasteiger partial charge in [0.25, 0.3) is 0 Å². The molecule has 2 atom stereocenters. The third-order valence-electron chi connectivity index (χ3n) is 13.0. The number of hydrogen-bond donors (Lipinski definition) is 3. The molecule has 2 unspecified atom stereocenters. The van der Waals surface area contributed by atoms with Crippen molar-refractivity contribution in [3.63, 3.8) is 0 Å². The minimum atomic E-state index is -0.846. The van der Waals surface area contributed by atoms with Gasteiger partial charge in [0, 0.05) is 12.8 Å². The quantitative estimate of drug-likeness (QED) is 0.0321. The zero-order chi connectivity index (χ0) is 45.8. The van der Waals surface area contributed by atoms with E-state index >= 15 is 0 Å². The van der Waals surface area contributed by atoms with Crippen molar-refractivity contribution in [1.82, 2.24) is 5.32 Å². The van der Waals surface area contributed by atoms with Crippen LogP contribution in [0.5, 0.6) is 0 Å². The fourth-order valence-corrected chi connectivity index (χ4v) is 8.63. The fraction of sp³-hybridized carbons (Fsp3) is 0.895. The molecule has 0 spiro atoms. The van der Waals surface area contributed by atoms with Crippen molar-refractivity contribution in [3.05, 3.63) is 24.3 Å². The smallest absolute Gasteiger partial charge is 0.305 e. The van der Waals surface area contributed by atoms with Crippen molar-refractivity contribution < 1.29 is 24.5 Å². The highest BCUT2D eigenvalue weighted by atomic mass is 16.5. The first-order valence-corrected chi connectivity index (χ1v) is 28.1. The molecule has 0 rings (SSSR count). The molecule has 3 N–H and O–H groups in total.